The molecule has 1 aliphatic carbocycles. The zero-order valence-electron chi connectivity index (χ0n) is 13.8. The Labute approximate surface area is 145 Å². The molecule has 25 heavy (non-hydrogen) atoms. The molecule has 3 rings (SSSR count). The number of nitrogens with zero attached hydrogens (tertiary/aromatic N) is 3. The van der Waals surface area contributed by atoms with Gasteiger partial charge in [0.2, 0.25) is 5.95 Å². The van der Waals surface area contributed by atoms with E-state index in [1.54, 1.807) is 18.2 Å². The van der Waals surface area contributed by atoms with Crippen LogP contribution in [0.3, 0.4) is 0 Å². The molecule has 0 unspecified atom stereocenters. The Morgan fingerprint density at radius 3 is 2.76 bits per heavy atom. The summed E-state index contributed by atoms with van der Waals surface area (Å²) in [5.41, 5.74) is 1.67. The van der Waals surface area contributed by atoms with Gasteiger partial charge in [-0.25, -0.2) is 4.98 Å². The Morgan fingerprint density at radius 1 is 1.24 bits per heavy atom. The van der Waals surface area contributed by atoms with E-state index in [4.69, 9.17) is 5.11 Å². The minimum Gasteiger partial charge on any atom is -0.396 e. The summed E-state index contributed by atoms with van der Waals surface area (Å²) in [7, 11) is 0. The number of nitro benzene ring substituents is 1. The molecule has 1 heterocycles. The highest BCUT2D eigenvalue weighted by atomic mass is 16.6. The molecule has 1 fully saturated rings. The monoisotopic (exact) mass is 343 g/mol. The van der Waals surface area contributed by atoms with Gasteiger partial charge in [-0.1, -0.05) is 18.2 Å². The van der Waals surface area contributed by atoms with Crippen molar-refractivity contribution in [3.63, 3.8) is 0 Å². The highest BCUT2D eigenvalue weighted by Gasteiger charge is 2.26. The number of para-hydroxylation sites is 1. The summed E-state index contributed by atoms with van der Waals surface area (Å²) in [4.78, 5) is 19.7. The number of aromatic nitrogens is 2. The van der Waals surface area contributed by atoms with Gasteiger partial charge in [0, 0.05) is 43.3 Å². The van der Waals surface area contributed by atoms with Crippen molar-refractivity contribution in [1.82, 2.24) is 9.97 Å². The molecule has 1 aliphatic rings. The molecule has 0 radical (unpaired) electrons. The van der Waals surface area contributed by atoms with Crippen LogP contribution in [-0.4, -0.2) is 33.1 Å². The minimum atomic E-state index is -0.380. The highest BCUT2D eigenvalue weighted by Crippen LogP contribution is 2.39. The maximum Gasteiger partial charge on any atom is 0.274 e. The van der Waals surface area contributed by atoms with Gasteiger partial charge in [-0.15, -0.1) is 0 Å². The van der Waals surface area contributed by atoms with Gasteiger partial charge in [-0.3, -0.25) is 10.1 Å². The van der Waals surface area contributed by atoms with E-state index in [9.17, 15) is 10.1 Å². The maximum atomic E-state index is 11.1. The molecule has 0 aliphatic heterocycles. The Morgan fingerprint density at radius 2 is 2.04 bits per heavy atom. The fourth-order valence-electron chi connectivity index (χ4n) is 2.53. The van der Waals surface area contributed by atoms with E-state index in [0.29, 0.717) is 42.8 Å². The predicted molar refractivity (Wildman–Crippen MR) is 94.6 cm³/mol. The smallest absolute Gasteiger partial charge is 0.274 e. The minimum absolute atomic E-state index is 0.0905. The van der Waals surface area contributed by atoms with Gasteiger partial charge < -0.3 is 15.7 Å². The van der Waals surface area contributed by atoms with Gasteiger partial charge in [0.25, 0.3) is 5.69 Å². The van der Waals surface area contributed by atoms with Gasteiger partial charge >= 0.3 is 0 Å². The van der Waals surface area contributed by atoms with E-state index in [-0.39, 0.29) is 17.2 Å². The number of benzene rings is 1. The summed E-state index contributed by atoms with van der Waals surface area (Å²) in [6.45, 7) is 1.01. The lowest BCUT2D eigenvalue weighted by Crippen LogP contribution is -2.11. The number of hydrogen-bond acceptors (Lipinski definition) is 7. The molecule has 3 N–H and O–H groups in total. The molecule has 0 spiro atoms. The maximum absolute atomic E-state index is 11.1. The van der Waals surface area contributed by atoms with Crippen LogP contribution in [0.15, 0.2) is 30.3 Å². The van der Waals surface area contributed by atoms with E-state index in [1.165, 1.54) is 6.07 Å². The van der Waals surface area contributed by atoms with E-state index in [1.807, 2.05) is 6.07 Å². The van der Waals surface area contributed by atoms with Crippen molar-refractivity contribution in [2.75, 3.05) is 23.8 Å². The first kappa shape index (κ1) is 17.1. The summed E-state index contributed by atoms with van der Waals surface area (Å²) >= 11 is 0. The Hall–Kier alpha value is -2.74. The highest BCUT2D eigenvalue weighted by molar-refractivity contribution is 5.47. The molecule has 1 saturated carbocycles. The van der Waals surface area contributed by atoms with Crippen LogP contribution in [0.5, 0.6) is 0 Å². The number of rotatable bonds is 9. The van der Waals surface area contributed by atoms with Crippen molar-refractivity contribution in [3.8, 4) is 0 Å². The quantitative estimate of drug-likeness (QED) is 0.364. The summed E-state index contributed by atoms with van der Waals surface area (Å²) < 4.78 is 0. The first-order valence-corrected chi connectivity index (χ1v) is 8.37. The molecule has 8 nitrogen and oxygen atoms in total. The number of hydrogen-bond donors (Lipinski definition) is 3. The summed E-state index contributed by atoms with van der Waals surface area (Å²) in [6.07, 6.45) is 2.86. The second-order valence-corrected chi connectivity index (χ2v) is 6.02. The van der Waals surface area contributed by atoms with Crippen LogP contribution in [0.4, 0.5) is 17.5 Å². The fraction of sp³-hybridized carbons (Fsp3) is 0.412. The zero-order chi connectivity index (χ0) is 17.6. The normalized spacial score (nSPS) is 13.5. The average Bonchev–Trinajstić information content (AvgIpc) is 3.45. The molecular weight excluding hydrogens is 322 g/mol. The van der Waals surface area contributed by atoms with Gasteiger partial charge in [0.15, 0.2) is 0 Å². The van der Waals surface area contributed by atoms with Gasteiger partial charge in [-0.05, 0) is 19.3 Å². The Kier molecular flexibility index (Phi) is 5.39. The van der Waals surface area contributed by atoms with Gasteiger partial charge in [0.05, 0.1) is 10.6 Å². The summed E-state index contributed by atoms with van der Waals surface area (Å²) in [5, 5.41) is 26.3. The van der Waals surface area contributed by atoms with Crippen LogP contribution in [0.25, 0.3) is 0 Å². The molecule has 0 saturated heterocycles. The third kappa shape index (κ3) is 4.63. The van der Waals surface area contributed by atoms with Crippen LogP contribution in [0.2, 0.25) is 0 Å². The van der Waals surface area contributed by atoms with Crippen molar-refractivity contribution in [3.05, 3.63) is 51.7 Å². The van der Waals surface area contributed by atoms with Gasteiger partial charge in [-0.2, -0.15) is 4.98 Å². The second-order valence-electron chi connectivity index (χ2n) is 6.02. The number of nitro groups is 1. The van der Waals surface area contributed by atoms with E-state index in [2.05, 4.69) is 20.6 Å². The van der Waals surface area contributed by atoms with Crippen molar-refractivity contribution in [1.29, 1.82) is 0 Å². The van der Waals surface area contributed by atoms with Gasteiger partial charge in [0.1, 0.15) is 5.82 Å². The summed E-state index contributed by atoms with van der Waals surface area (Å²) in [6, 6.07) is 8.56. The van der Waals surface area contributed by atoms with Crippen molar-refractivity contribution < 1.29 is 10.0 Å². The molecular formula is C17H21N5O3. The zero-order valence-corrected chi connectivity index (χ0v) is 13.8. The molecule has 2 aromatic rings. The molecule has 0 amide bonds. The largest absolute Gasteiger partial charge is 0.396 e. The third-order valence-corrected chi connectivity index (χ3v) is 4.01. The van der Waals surface area contributed by atoms with Crippen LogP contribution < -0.4 is 10.6 Å². The number of aliphatic hydroxyl groups is 1. The Bertz CT molecular complexity index is 749. The molecule has 8 heteroatoms. The topological polar surface area (TPSA) is 113 Å². The van der Waals surface area contributed by atoms with E-state index < -0.39 is 0 Å². The predicted octanol–water partition coefficient (Wildman–Crippen LogP) is 2.67. The molecule has 1 aromatic heterocycles. The van der Waals surface area contributed by atoms with Crippen LogP contribution in [-0.2, 0) is 6.54 Å². The molecule has 0 atom stereocenters. The molecule has 132 valence electrons. The Balaban J connectivity index is 1.74. The van der Waals surface area contributed by atoms with Crippen molar-refractivity contribution in [2.45, 2.75) is 31.7 Å². The van der Waals surface area contributed by atoms with Crippen molar-refractivity contribution >= 4 is 17.5 Å². The lowest BCUT2D eigenvalue weighted by molar-refractivity contribution is -0.385. The molecule has 1 aromatic carbocycles. The second kappa shape index (κ2) is 7.89. The summed E-state index contributed by atoms with van der Waals surface area (Å²) in [5.74, 6) is 1.62. The number of aliphatic hydroxyl groups excluding tert-OH is 1. The number of nitrogens with one attached hydrogen (secondary N) is 2. The van der Waals surface area contributed by atoms with E-state index in [0.717, 1.165) is 18.5 Å². The lowest BCUT2D eigenvalue weighted by atomic mass is 10.2. The van der Waals surface area contributed by atoms with Crippen LogP contribution in [0.1, 0.15) is 36.4 Å². The lowest BCUT2D eigenvalue weighted by Gasteiger charge is -2.11. The SMILES string of the molecule is O=[N+]([O-])c1ccccc1CNc1cc(C2CC2)nc(NCCCO)n1. The third-order valence-electron chi connectivity index (χ3n) is 4.01. The standard InChI is InChI=1S/C17H21N5O3/c23-9-3-8-18-17-20-14(12-6-7-12)10-16(21-17)19-11-13-4-1-2-5-15(13)22(24)25/h1-2,4-5,10,12,23H,3,6-9,11H2,(H2,18,19,20,21). The van der Waals surface area contributed by atoms with Crippen LogP contribution >= 0.6 is 0 Å². The van der Waals surface area contributed by atoms with Crippen molar-refractivity contribution in [2.24, 2.45) is 0 Å². The molecule has 0 bridgehead atoms. The first-order valence-electron chi connectivity index (χ1n) is 8.37. The number of anilines is 2. The first-order chi connectivity index (χ1) is 12.2. The average molecular weight is 343 g/mol. The fourth-order valence-corrected chi connectivity index (χ4v) is 2.53. The van der Waals surface area contributed by atoms with Crippen LogP contribution in [0, 0.1) is 10.1 Å². The van der Waals surface area contributed by atoms with E-state index >= 15 is 0 Å².